The molecule has 1 heterocycles. The van der Waals surface area contributed by atoms with Crippen LogP contribution >= 0.6 is 11.6 Å². The summed E-state index contributed by atoms with van der Waals surface area (Å²) in [5.41, 5.74) is 1.21. The molecule has 1 aromatic rings. The first kappa shape index (κ1) is 14.3. The van der Waals surface area contributed by atoms with Crippen molar-refractivity contribution in [1.29, 1.82) is 0 Å². The first-order valence-electron chi connectivity index (χ1n) is 6.02. The predicted molar refractivity (Wildman–Crippen MR) is 72.9 cm³/mol. The van der Waals surface area contributed by atoms with E-state index in [1.807, 2.05) is 6.92 Å². The Hall–Kier alpha value is -2.08. The highest BCUT2D eigenvalue weighted by Crippen LogP contribution is 2.26. The molecule has 0 aliphatic carbocycles. The summed E-state index contributed by atoms with van der Waals surface area (Å²) in [6, 6.07) is 3.50. The van der Waals surface area contributed by atoms with Crippen molar-refractivity contribution < 1.29 is 19.5 Å². The minimum absolute atomic E-state index is 0.0655. The number of rotatable bonds is 4. The maximum absolute atomic E-state index is 12.1. The predicted octanol–water partition coefficient (Wildman–Crippen LogP) is 1.94. The quantitative estimate of drug-likeness (QED) is 0.831. The van der Waals surface area contributed by atoms with Crippen molar-refractivity contribution in [3.05, 3.63) is 28.8 Å². The molecule has 1 aliphatic rings. The van der Waals surface area contributed by atoms with Crippen LogP contribution < -0.4 is 10.2 Å². The summed E-state index contributed by atoms with van der Waals surface area (Å²) in [5, 5.41) is 11.5. The molecule has 0 aromatic heterocycles. The largest absolute Gasteiger partial charge is 0.481 e. The van der Waals surface area contributed by atoms with Crippen molar-refractivity contribution in [3.63, 3.8) is 0 Å². The average molecular weight is 297 g/mol. The highest BCUT2D eigenvalue weighted by molar-refractivity contribution is 6.32. The third-order valence-electron chi connectivity index (χ3n) is 3.08. The fourth-order valence-electron chi connectivity index (χ4n) is 1.96. The van der Waals surface area contributed by atoms with Crippen LogP contribution in [0.5, 0.6) is 0 Å². The summed E-state index contributed by atoms with van der Waals surface area (Å²) in [6.07, 6.45) is -0.116. The third kappa shape index (κ3) is 2.75. The van der Waals surface area contributed by atoms with Crippen molar-refractivity contribution >= 4 is 35.2 Å². The molecule has 2 rings (SSSR count). The molecule has 20 heavy (non-hydrogen) atoms. The SMILES string of the molecule is Cc1ccc(N2C(=O)N[C@H](CCC(=O)O)C2=O)cc1Cl. The van der Waals surface area contributed by atoms with E-state index in [9.17, 15) is 14.4 Å². The van der Waals surface area contributed by atoms with E-state index in [1.54, 1.807) is 12.1 Å². The highest BCUT2D eigenvalue weighted by atomic mass is 35.5. The first-order valence-corrected chi connectivity index (χ1v) is 6.40. The number of aryl methyl sites for hydroxylation is 1. The zero-order chi connectivity index (χ0) is 14.9. The summed E-state index contributed by atoms with van der Waals surface area (Å²) < 4.78 is 0. The van der Waals surface area contributed by atoms with Gasteiger partial charge in [-0.15, -0.1) is 0 Å². The molecular weight excluding hydrogens is 284 g/mol. The maximum atomic E-state index is 12.1. The fraction of sp³-hybridized carbons (Fsp3) is 0.308. The Morgan fingerprint density at radius 2 is 2.15 bits per heavy atom. The van der Waals surface area contributed by atoms with E-state index in [1.165, 1.54) is 6.07 Å². The van der Waals surface area contributed by atoms with Crippen LogP contribution in [0.2, 0.25) is 5.02 Å². The third-order valence-corrected chi connectivity index (χ3v) is 3.49. The Morgan fingerprint density at radius 1 is 1.45 bits per heavy atom. The molecule has 7 heteroatoms. The Morgan fingerprint density at radius 3 is 2.75 bits per heavy atom. The lowest BCUT2D eigenvalue weighted by Crippen LogP contribution is -2.31. The molecule has 0 unspecified atom stereocenters. The minimum atomic E-state index is -1.01. The number of urea groups is 1. The summed E-state index contributed by atoms with van der Waals surface area (Å²) in [4.78, 5) is 35.5. The zero-order valence-electron chi connectivity index (χ0n) is 10.7. The van der Waals surface area contributed by atoms with Gasteiger partial charge in [-0.2, -0.15) is 0 Å². The van der Waals surface area contributed by atoms with Crippen LogP contribution in [-0.4, -0.2) is 29.1 Å². The van der Waals surface area contributed by atoms with Crippen molar-refractivity contribution in [2.45, 2.75) is 25.8 Å². The molecule has 1 fully saturated rings. The first-order chi connectivity index (χ1) is 9.40. The summed E-state index contributed by atoms with van der Waals surface area (Å²) in [7, 11) is 0. The topological polar surface area (TPSA) is 86.7 Å². The van der Waals surface area contributed by atoms with Gasteiger partial charge in [0.1, 0.15) is 6.04 Å². The highest BCUT2D eigenvalue weighted by Gasteiger charge is 2.39. The number of aliphatic carboxylic acids is 1. The molecular formula is C13H13ClN2O4. The lowest BCUT2D eigenvalue weighted by molar-refractivity contribution is -0.137. The van der Waals surface area contributed by atoms with Gasteiger partial charge in [0.2, 0.25) is 0 Å². The number of carboxylic acid groups (broad SMARTS) is 1. The molecule has 0 radical (unpaired) electrons. The Balaban J connectivity index is 2.20. The Kier molecular flexibility index (Phi) is 3.94. The average Bonchev–Trinajstić information content (AvgIpc) is 2.65. The summed E-state index contributed by atoms with van der Waals surface area (Å²) >= 11 is 5.98. The second-order valence-electron chi connectivity index (χ2n) is 4.54. The number of carbonyl (C=O) groups excluding carboxylic acids is 2. The van der Waals surface area contributed by atoms with Gasteiger partial charge < -0.3 is 10.4 Å². The number of benzene rings is 1. The number of hydrogen-bond acceptors (Lipinski definition) is 3. The van der Waals surface area contributed by atoms with Gasteiger partial charge in [-0.1, -0.05) is 17.7 Å². The number of carbonyl (C=O) groups is 3. The van der Waals surface area contributed by atoms with Gasteiger partial charge >= 0.3 is 12.0 Å². The number of imide groups is 1. The van der Waals surface area contributed by atoms with E-state index in [0.29, 0.717) is 10.7 Å². The smallest absolute Gasteiger partial charge is 0.329 e. The van der Waals surface area contributed by atoms with E-state index < -0.39 is 23.9 Å². The number of amides is 3. The molecule has 0 bridgehead atoms. The minimum Gasteiger partial charge on any atom is -0.481 e. The molecule has 1 aliphatic heterocycles. The molecule has 106 valence electrons. The van der Waals surface area contributed by atoms with E-state index in [2.05, 4.69) is 5.32 Å². The lowest BCUT2D eigenvalue weighted by Gasteiger charge is -2.14. The van der Waals surface area contributed by atoms with Crippen LogP contribution in [0.25, 0.3) is 0 Å². The van der Waals surface area contributed by atoms with Crippen molar-refractivity contribution in [2.24, 2.45) is 0 Å². The van der Waals surface area contributed by atoms with Gasteiger partial charge in [-0.25, -0.2) is 9.69 Å². The molecule has 2 N–H and O–H groups in total. The number of hydrogen-bond donors (Lipinski definition) is 2. The van der Waals surface area contributed by atoms with Gasteiger partial charge in [-0.3, -0.25) is 9.59 Å². The maximum Gasteiger partial charge on any atom is 0.329 e. The zero-order valence-corrected chi connectivity index (χ0v) is 11.5. The van der Waals surface area contributed by atoms with Crippen molar-refractivity contribution in [2.75, 3.05) is 4.90 Å². The molecule has 3 amide bonds. The van der Waals surface area contributed by atoms with E-state index >= 15 is 0 Å². The van der Waals surface area contributed by atoms with Crippen LogP contribution in [0.4, 0.5) is 10.5 Å². The number of carboxylic acids is 1. The molecule has 1 atom stereocenters. The number of nitrogens with zero attached hydrogens (tertiary/aromatic N) is 1. The van der Waals surface area contributed by atoms with Crippen LogP contribution in [0, 0.1) is 6.92 Å². The molecule has 0 spiro atoms. The van der Waals surface area contributed by atoms with Crippen LogP contribution in [0.3, 0.4) is 0 Å². The normalized spacial score (nSPS) is 18.3. The lowest BCUT2D eigenvalue weighted by atomic mass is 10.1. The molecule has 6 nitrogen and oxygen atoms in total. The van der Waals surface area contributed by atoms with E-state index in [4.69, 9.17) is 16.7 Å². The molecule has 1 aromatic carbocycles. The number of nitrogens with one attached hydrogen (secondary N) is 1. The van der Waals surface area contributed by atoms with E-state index in [0.717, 1.165) is 10.5 Å². The van der Waals surface area contributed by atoms with Gasteiger partial charge in [0.25, 0.3) is 5.91 Å². The van der Waals surface area contributed by atoms with Gasteiger partial charge in [0.05, 0.1) is 5.69 Å². The van der Waals surface area contributed by atoms with Gasteiger partial charge in [-0.05, 0) is 31.0 Å². The summed E-state index contributed by atoms with van der Waals surface area (Å²) in [5.74, 6) is -1.47. The van der Waals surface area contributed by atoms with Crippen molar-refractivity contribution in [3.8, 4) is 0 Å². The standard InChI is InChI=1S/C13H13ClN2O4/c1-7-2-3-8(6-9(7)14)16-12(19)10(15-13(16)20)4-5-11(17)18/h2-3,6,10H,4-5H2,1H3,(H,15,20)(H,17,18)/t10-/m1/s1. The van der Waals surface area contributed by atoms with Crippen LogP contribution in [0.15, 0.2) is 18.2 Å². The van der Waals surface area contributed by atoms with Crippen LogP contribution in [-0.2, 0) is 9.59 Å². The molecule has 1 saturated heterocycles. The second kappa shape index (κ2) is 5.50. The van der Waals surface area contributed by atoms with Gasteiger partial charge in [0.15, 0.2) is 0 Å². The van der Waals surface area contributed by atoms with E-state index in [-0.39, 0.29) is 12.8 Å². The number of halogens is 1. The van der Waals surface area contributed by atoms with Crippen LogP contribution in [0.1, 0.15) is 18.4 Å². The second-order valence-corrected chi connectivity index (χ2v) is 4.95. The van der Waals surface area contributed by atoms with Crippen molar-refractivity contribution in [1.82, 2.24) is 5.32 Å². The summed E-state index contributed by atoms with van der Waals surface area (Å²) in [6.45, 7) is 1.81. The number of anilines is 1. The van der Waals surface area contributed by atoms with Gasteiger partial charge in [0, 0.05) is 11.4 Å². The fourth-order valence-corrected chi connectivity index (χ4v) is 2.13. The monoisotopic (exact) mass is 296 g/mol. The Labute approximate surface area is 120 Å². The molecule has 0 saturated carbocycles. The Bertz CT molecular complexity index is 588.